The third-order valence-electron chi connectivity index (χ3n) is 4.30. The molecule has 25 heavy (non-hydrogen) atoms. The van der Waals surface area contributed by atoms with E-state index in [2.05, 4.69) is 15.0 Å². The van der Waals surface area contributed by atoms with E-state index in [1.54, 1.807) is 4.90 Å². The summed E-state index contributed by atoms with van der Waals surface area (Å²) in [6.45, 7) is 2.13. The van der Waals surface area contributed by atoms with Crippen LogP contribution in [0.5, 0.6) is 0 Å². The van der Waals surface area contributed by atoms with Gasteiger partial charge in [0.1, 0.15) is 12.9 Å². The molecule has 2 aromatic rings. The quantitative estimate of drug-likeness (QED) is 0.901. The van der Waals surface area contributed by atoms with Gasteiger partial charge in [-0.25, -0.2) is 4.79 Å². The standard InChI is InChI=1S/C18H21N3O4/c22-17(16-8-11-25-20-16)19-12-14-6-9-21(10-7-14)18(23)24-13-15-4-2-1-3-5-15/h1-5,8,11,14H,6-7,9-10,12-13H2,(H,19,22). The zero-order valence-electron chi connectivity index (χ0n) is 13.9. The molecule has 1 saturated heterocycles. The number of carbonyl (C=O) groups is 2. The van der Waals surface area contributed by atoms with Crippen LogP contribution in [0.1, 0.15) is 28.9 Å². The number of nitrogens with zero attached hydrogens (tertiary/aromatic N) is 2. The summed E-state index contributed by atoms with van der Waals surface area (Å²) < 4.78 is 10.0. The Bertz CT molecular complexity index is 680. The number of carbonyl (C=O) groups excluding carboxylic acids is 2. The van der Waals surface area contributed by atoms with E-state index in [0.29, 0.717) is 25.6 Å². The Kier molecular flexibility index (Phi) is 5.66. The van der Waals surface area contributed by atoms with Gasteiger partial charge < -0.3 is 19.5 Å². The van der Waals surface area contributed by atoms with Crippen LogP contribution in [-0.4, -0.2) is 41.7 Å². The molecular formula is C18H21N3O4. The highest BCUT2D eigenvalue weighted by atomic mass is 16.6. The largest absolute Gasteiger partial charge is 0.445 e. The zero-order chi connectivity index (χ0) is 17.5. The molecule has 2 heterocycles. The smallest absolute Gasteiger partial charge is 0.410 e. The van der Waals surface area contributed by atoms with Gasteiger partial charge in [0, 0.05) is 25.7 Å². The highest BCUT2D eigenvalue weighted by molar-refractivity contribution is 5.91. The fraction of sp³-hybridized carbons (Fsp3) is 0.389. The first-order chi connectivity index (χ1) is 12.2. The lowest BCUT2D eigenvalue weighted by atomic mass is 9.97. The number of hydrogen-bond acceptors (Lipinski definition) is 5. The Balaban J connectivity index is 1.36. The zero-order valence-corrected chi connectivity index (χ0v) is 13.9. The second-order valence-electron chi connectivity index (χ2n) is 6.07. The number of aromatic nitrogens is 1. The molecule has 0 atom stereocenters. The summed E-state index contributed by atoms with van der Waals surface area (Å²) in [4.78, 5) is 25.7. The second-order valence-corrected chi connectivity index (χ2v) is 6.07. The van der Waals surface area contributed by atoms with Crippen molar-refractivity contribution in [1.82, 2.24) is 15.4 Å². The van der Waals surface area contributed by atoms with Gasteiger partial charge in [0.15, 0.2) is 5.69 Å². The van der Waals surface area contributed by atoms with E-state index in [-0.39, 0.29) is 24.3 Å². The minimum Gasteiger partial charge on any atom is -0.445 e. The molecule has 7 nitrogen and oxygen atoms in total. The monoisotopic (exact) mass is 343 g/mol. The maximum atomic E-state index is 12.1. The van der Waals surface area contributed by atoms with Crippen LogP contribution in [0.2, 0.25) is 0 Å². The van der Waals surface area contributed by atoms with Crippen LogP contribution in [0.3, 0.4) is 0 Å². The van der Waals surface area contributed by atoms with Gasteiger partial charge in [-0.3, -0.25) is 4.79 Å². The summed E-state index contributed by atoms with van der Waals surface area (Å²) in [5.74, 6) is 0.104. The Morgan fingerprint density at radius 3 is 2.64 bits per heavy atom. The third-order valence-corrected chi connectivity index (χ3v) is 4.30. The van der Waals surface area contributed by atoms with Crippen molar-refractivity contribution in [2.24, 2.45) is 5.92 Å². The van der Waals surface area contributed by atoms with Crippen LogP contribution < -0.4 is 5.32 Å². The maximum Gasteiger partial charge on any atom is 0.410 e. The van der Waals surface area contributed by atoms with Crippen molar-refractivity contribution in [3.63, 3.8) is 0 Å². The van der Waals surface area contributed by atoms with Gasteiger partial charge in [-0.2, -0.15) is 0 Å². The summed E-state index contributed by atoms with van der Waals surface area (Å²) in [7, 11) is 0. The van der Waals surface area contributed by atoms with Gasteiger partial charge >= 0.3 is 6.09 Å². The molecule has 0 spiro atoms. The lowest BCUT2D eigenvalue weighted by Gasteiger charge is -2.31. The topological polar surface area (TPSA) is 84.7 Å². The normalized spacial score (nSPS) is 15.0. The Labute approximate surface area is 145 Å². The van der Waals surface area contributed by atoms with Crippen molar-refractivity contribution in [2.75, 3.05) is 19.6 Å². The van der Waals surface area contributed by atoms with E-state index < -0.39 is 0 Å². The molecule has 1 aromatic heterocycles. The molecule has 7 heteroatoms. The molecule has 132 valence electrons. The second kappa shape index (κ2) is 8.32. The van der Waals surface area contributed by atoms with Crippen LogP contribution in [0.4, 0.5) is 4.79 Å². The number of benzene rings is 1. The van der Waals surface area contributed by atoms with Crippen LogP contribution >= 0.6 is 0 Å². The average Bonchev–Trinajstić information content (AvgIpc) is 3.20. The molecule has 2 amide bonds. The molecule has 1 aliphatic heterocycles. The molecule has 1 aliphatic rings. The number of hydrogen-bond donors (Lipinski definition) is 1. The first-order valence-corrected chi connectivity index (χ1v) is 8.36. The van der Waals surface area contributed by atoms with Crippen molar-refractivity contribution in [3.8, 4) is 0 Å². The van der Waals surface area contributed by atoms with E-state index in [4.69, 9.17) is 4.74 Å². The van der Waals surface area contributed by atoms with Gasteiger partial charge in [-0.1, -0.05) is 35.5 Å². The number of amides is 2. The number of piperidine rings is 1. The summed E-state index contributed by atoms with van der Waals surface area (Å²) >= 11 is 0. The van der Waals surface area contributed by atoms with Crippen LogP contribution in [-0.2, 0) is 11.3 Å². The molecule has 0 radical (unpaired) electrons. The van der Waals surface area contributed by atoms with Gasteiger partial charge in [-0.05, 0) is 24.3 Å². The van der Waals surface area contributed by atoms with Crippen molar-refractivity contribution < 1.29 is 18.8 Å². The minimum atomic E-state index is -0.283. The molecule has 0 saturated carbocycles. The highest BCUT2D eigenvalue weighted by Crippen LogP contribution is 2.17. The van der Waals surface area contributed by atoms with Crippen molar-refractivity contribution in [2.45, 2.75) is 19.4 Å². The molecule has 1 fully saturated rings. The lowest BCUT2D eigenvalue weighted by molar-refractivity contribution is 0.0799. The fourth-order valence-corrected chi connectivity index (χ4v) is 2.79. The first-order valence-electron chi connectivity index (χ1n) is 8.36. The summed E-state index contributed by atoms with van der Waals surface area (Å²) in [6.07, 6.45) is 2.75. The lowest BCUT2D eigenvalue weighted by Crippen LogP contribution is -2.41. The maximum absolute atomic E-state index is 12.1. The van der Waals surface area contributed by atoms with Crippen molar-refractivity contribution in [1.29, 1.82) is 0 Å². The van der Waals surface area contributed by atoms with Gasteiger partial charge in [-0.15, -0.1) is 0 Å². The van der Waals surface area contributed by atoms with Crippen molar-refractivity contribution >= 4 is 12.0 Å². The number of nitrogens with one attached hydrogen (secondary N) is 1. The fourth-order valence-electron chi connectivity index (χ4n) is 2.79. The predicted octanol–water partition coefficient (Wildman–Crippen LogP) is 2.45. The minimum absolute atomic E-state index is 0.238. The molecule has 0 unspecified atom stereocenters. The number of rotatable bonds is 5. The summed E-state index contributed by atoms with van der Waals surface area (Å²) in [5, 5.41) is 6.45. The molecule has 1 N–H and O–H groups in total. The van der Waals surface area contributed by atoms with Gasteiger partial charge in [0.2, 0.25) is 0 Å². The average molecular weight is 343 g/mol. The number of likely N-dealkylation sites (tertiary alicyclic amines) is 1. The van der Waals surface area contributed by atoms with Crippen LogP contribution in [0.25, 0.3) is 0 Å². The number of ether oxygens (including phenoxy) is 1. The molecule has 0 bridgehead atoms. The van der Waals surface area contributed by atoms with E-state index in [1.807, 2.05) is 30.3 Å². The SMILES string of the molecule is O=C(NCC1CCN(C(=O)OCc2ccccc2)CC1)c1ccon1. The molecule has 1 aromatic carbocycles. The highest BCUT2D eigenvalue weighted by Gasteiger charge is 2.24. The molecule has 3 rings (SSSR count). The van der Waals surface area contributed by atoms with Gasteiger partial charge in [0.05, 0.1) is 0 Å². The van der Waals surface area contributed by atoms with Crippen molar-refractivity contribution in [3.05, 3.63) is 53.9 Å². The predicted molar refractivity (Wildman–Crippen MR) is 89.8 cm³/mol. The summed E-state index contributed by atoms with van der Waals surface area (Å²) in [5.41, 5.74) is 1.25. The Morgan fingerprint density at radius 1 is 1.20 bits per heavy atom. The summed E-state index contributed by atoms with van der Waals surface area (Å²) in [6, 6.07) is 11.1. The van der Waals surface area contributed by atoms with E-state index >= 15 is 0 Å². The Morgan fingerprint density at radius 2 is 1.96 bits per heavy atom. The van der Waals surface area contributed by atoms with E-state index in [1.165, 1.54) is 12.3 Å². The van der Waals surface area contributed by atoms with Gasteiger partial charge in [0.25, 0.3) is 5.91 Å². The first kappa shape index (κ1) is 17.0. The van der Waals surface area contributed by atoms with E-state index in [0.717, 1.165) is 18.4 Å². The third kappa shape index (κ3) is 4.82. The van der Waals surface area contributed by atoms with Crippen LogP contribution in [0, 0.1) is 5.92 Å². The van der Waals surface area contributed by atoms with Crippen LogP contribution in [0.15, 0.2) is 47.2 Å². The molecule has 0 aliphatic carbocycles. The van der Waals surface area contributed by atoms with E-state index in [9.17, 15) is 9.59 Å². The Hall–Kier alpha value is -2.83. The molecular weight excluding hydrogens is 322 g/mol.